The number of hydrogen-bond acceptors (Lipinski definition) is 5. The molecule has 2 N–H and O–H groups in total. The van der Waals surface area contributed by atoms with E-state index >= 15 is 0 Å². The predicted octanol–water partition coefficient (Wildman–Crippen LogP) is 3.17. The van der Waals surface area contributed by atoms with Gasteiger partial charge in [0.05, 0.1) is 23.5 Å². The highest BCUT2D eigenvalue weighted by molar-refractivity contribution is 7.92. The molecule has 0 radical (unpaired) electrons. The summed E-state index contributed by atoms with van der Waals surface area (Å²) >= 11 is 0. The zero-order valence-corrected chi connectivity index (χ0v) is 20.9. The summed E-state index contributed by atoms with van der Waals surface area (Å²) in [6.45, 7) is 9.02. The van der Waals surface area contributed by atoms with Gasteiger partial charge in [0.1, 0.15) is 0 Å². The molecule has 2 aromatic carbocycles. The van der Waals surface area contributed by atoms with Gasteiger partial charge >= 0.3 is 0 Å². The van der Waals surface area contributed by atoms with Gasteiger partial charge in [-0.05, 0) is 60.6 Å². The molecular formula is C26H35N3O4S. The van der Waals surface area contributed by atoms with Gasteiger partial charge in [0.25, 0.3) is 10.0 Å². The standard InChI is InChI=1S/C26H35N3O4S/c1-20(2)19-21-3-9-24(10-4-21)34(31,32)28-23-7-5-22(6-8-23)26(11-12-26)25(30)27-13-14-29-15-17-33-18-16-29/h3-10,20,28H,11-19H2,1-2H3,(H,27,30). The maximum Gasteiger partial charge on any atom is 0.261 e. The van der Waals surface area contributed by atoms with Gasteiger partial charge in [-0.2, -0.15) is 0 Å². The summed E-state index contributed by atoms with van der Waals surface area (Å²) < 4.78 is 33.6. The van der Waals surface area contributed by atoms with Crippen LogP contribution in [0.2, 0.25) is 0 Å². The molecule has 1 amide bonds. The zero-order chi connectivity index (χ0) is 24.2. The molecule has 184 valence electrons. The van der Waals surface area contributed by atoms with Crippen molar-refractivity contribution in [2.75, 3.05) is 44.1 Å². The molecule has 1 aliphatic carbocycles. The minimum absolute atomic E-state index is 0.0515. The van der Waals surface area contributed by atoms with Crippen molar-refractivity contribution in [3.05, 3.63) is 59.7 Å². The number of rotatable bonds is 10. The van der Waals surface area contributed by atoms with E-state index in [1.54, 1.807) is 24.3 Å². The second kappa shape index (κ2) is 10.5. The number of nitrogens with zero attached hydrogens (tertiary/aromatic N) is 1. The summed E-state index contributed by atoms with van der Waals surface area (Å²) in [6.07, 6.45) is 2.53. The molecule has 2 aromatic rings. The van der Waals surface area contributed by atoms with Gasteiger partial charge in [-0.25, -0.2) is 8.42 Å². The average molecular weight is 486 g/mol. The van der Waals surface area contributed by atoms with Crippen LogP contribution in [0.3, 0.4) is 0 Å². The monoisotopic (exact) mass is 485 g/mol. The van der Waals surface area contributed by atoms with Crippen molar-refractivity contribution in [1.29, 1.82) is 0 Å². The van der Waals surface area contributed by atoms with E-state index in [-0.39, 0.29) is 10.8 Å². The van der Waals surface area contributed by atoms with Gasteiger partial charge in [0, 0.05) is 31.9 Å². The third kappa shape index (κ3) is 5.98. The van der Waals surface area contributed by atoms with Crippen LogP contribution in [0.15, 0.2) is 53.4 Å². The number of hydrogen-bond donors (Lipinski definition) is 2. The van der Waals surface area contributed by atoms with Crippen LogP contribution >= 0.6 is 0 Å². The molecule has 1 heterocycles. The fourth-order valence-corrected chi connectivity index (χ4v) is 5.50. The quantitative estimate of drug-likeness (QED) is 0.540. The van der Waals surface area contributed by atoms with Crippen LogP contribution < -0.4 is 10.0 Å². The largest absolute Gasteiger partial charge is 0.379 e. The van der Waals surface area contributed by atoms with Gasteiger partial charge < -0.3 is 10.1 Å². The SMILES string of the molecule is CC(C)Cc1ccc(S(=O)(=O)Nc2ccc(C3(C(=O)NCCN4CCOCC4)CC3)cc2)cc1. The Hall–Kier alpha value is -2.42. The lowest BCUT2D eigenvalue weighted by Crippen LogP contribution is -2.43. The lowest BCUT2D eigenvalue weighted by molar-refractivity contribution is -0.123. The molecule has 1 saturated carbocycles. The normalized spacial score (nSPS) is 18.0. The first-order valence-electron chi connectivity index (χ1n) is 12.1. The Balaban J connectivity index is 1.34. The summed E-state index contributed by atoms with van der Waals surface area (Å²) in [7, 11) is -3.67. The molecule has 34 heavy (non-hydrogen) atoms. The number of benzene rings is 2. The zero-order valence-electron chi connectivity index (χ0n) is 20.0. The van der Waals surface area contributed by atoms with Crippen molar-refractivity contribution in [3.8, 4) is 0 Å². The van der Waals surface area contributed by atoms with Crippen molar-refractivity contribution in [3.63, 3.8) is 0 Å². The average Bonchev–Trinajstić information content (AvgIpc) is 3.62. The molecule has 4 rings (SSSR count). The number of carbonyl (C=O) groups is 1. The summed E-state index contributed by atoms with van der Waals surface area (Å²) in [6, 6.07) is 14.2. The Kier molecular flexibility index (Phi) is 7.60. The molecule has 0 bridgehead atoms. The van der Waals surface area contributed by atoms with Crippen molar-refractivity contribution in [2.24, 2.45) is 5.92 Å². The fraction of sp³-hybridized carbons (Fsp3) is 0.500. The summed E-state index contributed by atoms with van der Waals surface area (Å²) in [5.74, 6) is 0.566. The molecule has 1 aliphatic heterocycles. The molecule has 0 atom stereocenters. The van der Waals surface area contributed by atoms with Crippen molar-refractivity contribution >= 4 is 21.6 Å². The van der Waals surface area contributed by atoms with Crippen LogP contribution in [0.1, 0.15) is 37.8 Å². The molecule has 8 heteroatoms. The molecule has 1 saturated heterocycles. The van der Waals surface area contributed by atoms with Crippen LogP contribution in [-0.4, -0.2) is 58.6 Å². The Morgan fingerprint density at radius 2 is 1.68 bits per heavy atom. The topological polar surface area (TPSA) is 87.7 Å². The Morgan fingerprint density at radius 3 is 2.26 bits per heavy atom. The molecule has 0 spiro atoms. The van der Waals surface area contributed by atoms with Gasteiger partial charge in [-0.3, -0.25) is 14.4 Å². The number of ether oxygens (including phenoxy) is 1. The third-order valence-corrected chi connectivity index (χ3v) is 7.97. The van der Waals surface area contributed by atoms with Crippen molar-refractivity contribution in [2.45, 2.75) is 43.4 Å². The first-order valence-corrected chi connectivity index (χ1v) is 13.6. The Bertz CT molecular complexity index is 1070. The molecule has 2 fully saturated rings. The highest BCUT2D eigenvalue weighted by Gasteiger charge is 2.51. The maximum atomic E-state index is 12.9. The van der Waals surface area contributed by atoms with Crippen LogP contribution in [-0.2, 0) is 31.4 Å². The van der Waals surface area contributed by atoms with Crippen molar-refractivity contribution in [1.82, 2.24) is 10.2 Å². The molecule has 7 nitrogen and oxygen atoms in total. The van der Waals surface area contributed by atoms with E-state index < -0.39 is 15.4 Å². The second-order valence-electron chi connectivity index (χ2n) is 9.72. The van der Waals surface area contributed by atoms with E-state index in [1.165, 1.54) is 0 Å². The number of anilines is 1. The Labute approximate surface area is 202 Å². The minimum atomic E-state index is -3.67. The second-order valence-corrected chi connectivity index (χ2v) is 11.4. The Morgan fingerprint density at radius 1 is 1.03 bits per heavy atom. The number of carbonyl (C=O) groups excluding carboxylic acids is 1. The van der Waals surface area contributed by atoms with Crippen LogP contribution in [0.5, 0.6) is 0 Å². The van der Waals surface area contributed by atoms with Crippen molar-refractivity contribution < 1.29 is 17.9 Å². The fourth-order valence-electron chi connectivity index (χ4n) is 4.44. The molecule has 2 aliphatic rings. The summed E-state index contributed by atoms with van der Waals surface area (Å²) in [5, 5.41) is 3.09. The van der Waals surface area contributed by atoms with Crippen LogP contribution in [0.25, 0.3) is 0 Å². The highest BCUT2D eigenvalue weighted by Crippen LogP contribution is 2.48. The molecule has 0 aromatic heterocycles. The van der Waals surface area contributed by atoms with Gasteiger partial charge in [0.2, 0.25) is 5.91 Å². The van der Waals surface area contributed by atoms with Gasteiger partial charge in [-0.1, -0.05) is 38.1 Å². The first kappa shape index (κ1) is 24.7. The predicted molar refractivity (Wildman–Crippen MR) is 133 cm³/mol. The summed E-state index contributed by atoms with van der Waals surface area (Å²) in [4.78, 5) is 15.4. The lowest BCUT2D eigenvalue weighted by Gasteiger charge is -2.27. The first-order chi connectivity index (χ1) is 16.3. The van der Waals surface area contributed by atoms with E-state index in [0.717, 1.165) is 63.2 Å². The van der Waals surface area contributed by atoms with Gasteiger partial charge in [0.15, 0.2) is 0 Å². The number of nitrogens with one attached hydrogen (secondary N) is 2. The molecule has 0 unspecified atom stereocenters. The van der Waals surface area contributed by atoms with E-state index in [9.17, 15) is 13.2 Å². The van der Waals surface area contributed by atoms with E-state index in [1.807, 2.05) is 24.3 Å². The minimum Gasteiger partial charge on any atom is -0.379 e. The smallest absolute Gasteiger partial charge is 0.261 e. The van der Waals surface area contributed by atoms with E-state index in [2.05, 4.69) is 28.8 Å². The molecular weight excluding hydrogens is 450 g/mol. The van der Waals surface area contributed by atoms with Crippen LogP contribution in [0.4, 0.5) is 5.69 Å². The lowest BCUT2D eigenvalue weighted by atomic mass is 9.95. The number of morpholine rings is 1. The van der Waals surface area contributed by atoms with Crippen LogP contribution in [0, 0.1) is 5.92 Å². The van der Waals surface area contributed by atoms with E-state index in [4.69, 9.17) is 4.74 Å². The number of sulfonamides is 1. The third-order valence-electron chi connectivity index (χ3n) is 6.57. The summed E-state index contributed by atoms with van der Waals surface area (Å²) in [5.41, 5.74) is 2.04. The maximum absolute atomic E-state index is 12.9. The highest BCUT2D eigenvalue weighted by atomic mass is 32.2. The van der Waals surface area contributed by atoms with Gasteiger partial charge in [-0.15, -0.1) is 0 Å². The number of amides is 1. The van der Waals surface area contributed by atoms with E-state index in [0.29, 0.717) is 18.2 Å².